The molecule has 4 atom stereocenters. The van der Waals surface area contributed by atoms with E-state index < -0.39 is 36.5 Å². The first-order chi connectivity index (χ1) is 8.82. The molecule has 1 amide bonds. The number of amides is 1. The van der Waals surface area contributed by atoms with E-state index in [9.17, 15) is 24.9 Å². The molecule has 8 nitrogen and oxygen atoms in total. The largest absolute Gasteiger partial charge is 0.394 e. The molecule has 0 aliphatic carbocycles. The summed E-state index contributed by atoms with van der Waals surface area (Å²) in [5.41, 5.74) is 3.22. The van der Waals surface area contributed by atoms with Crippen molar-refractivity contribution in [1.29, 1.82) is 0 Å². The molecule has 0 bridgehead atoms. The Kier molecular flexibility index (Phi) is 7.42. The maximum absolute atomic E-state index is 11.4. The van der Waals surface area contributed by atoms with E-state index in [1.165, 1.54) is 6.08 Å². The van der Waals surface area contributed by atoms with Crippen LogP contribution in [-0.2, 0) is 9.59 Å². The van der Waals surface area contributed by atoms with Crippen LogP contribution >= 0.6 is 0 Å². The summed E-state index contributed by atoms with van der Waals surface area (Å²) in [4.78, 5) is 22.4. The Bertz CT molecular complexity index is 324. The van der Waals surface area contributed by atoms with E-state index in [1.54, 1.807) is 0 Å². The average molecular weight is 276 g/mol. The standard InChI is InChI=1S/C11H20N2O6/c1-2-3-4-8(17)13-11(12,6-15)10(19)9(18)7(16)5-14/h2,6-7,9-10,14,16,18-19H,1,3-5,12H2,(H,13,17)/t7?,9-,10+,11+/m1/s1. The fourth-order valence-corrected chi connectivity index (χ4v) is 1.31. The number of aldehydes is 1. The summed E-state index contributed by atoms with van der Waals surface area (Å²) in [6.45, 7) is 2.58. The second-order valence-corrected chi connectivity index (χ2v) is 4.11. The van der Waals surface area contributed by atoms with Gasteiger partial charge in [0.2, 0.25) is 5.91 Å². The highest BCUT2D eigenvalue weighted by molar-refractivity contribution is 5.81. The normalized spacial score (nSPS) is 18.8. The molecule has 0 aliphatic heterocycles. The SMILES string of the molecule is C=CCCC(=O)N[C@@](N)(C=O)[C@@H](O)[C@H](O)C(O)CO. The van der Waals surface area contributed by atoms with Crippen molar-refractivity contribution in [3.8, 4) is 0 Å². The van der Waals surface area contributed by atoms with Crippen molar-refractivity contribution in [1.82, 2.24) is 5.32 Å². The highest BCUT2D eigenvalue weighted by Gasteiger charge is 2.42. The van der Waals surface area contributed by atoms with Crippen LogP contribution in [0.2, 0.25) is 0 Å². The predicted molar refractivity (Wildman–Crippen MR) is 65.7 cm³/mol. The number of carbonyl (C=O) groups is 2. The van der Waals surface area contributed by atoms with Crippen molar-refractivity contribution < 1.29 is 30.0 Å². The third-order valence-electron chi connectivity index (χ3n) is 2.52. The van der Waals surface area contributed by atoms with Crippen molar-refractivity contribution in [2.24, 2.45) is 5.73 Å². The zero-order chi connectivity index (χ0) is 15.1. The summed E-state index contributed by atoms with van der Waals surface area (Å²) in [7, 11) is 0. The van der Waals surface area contributed by atoms with Crippen LogP contribution in [0.4, 0.5) is 0 Å². The van der Waals surface area contributed by atoms with Crippen molar-refractivity contribution >= 4 is 12.2 Å². The number of allylic oxidation sites excluding steroid dienone is 1. The first-order valence-corrected chi connectivity index (χ1v) is 5.64. The molecule has 0 spiro atoms. The van der Waals surface area contributed by atoms with Gasteiger partial charge in [0.25, 0.3) is 0 Å². The van der Waals surface area contributed by atoms with Gasteiger partial charge in [0.15, 0.2) is 11.9 Å². The molecule has 0 aromatic heterocycles. The molecular weight excluding hydrogens is 256 g/mol. The van der Waals surface area contributed by atoms with Crippen LogP contribution in [0.3, 0.4) is 0 Å². The summed E-state index contributed by atoms with van der Waals surface area (Å²) in [5, 5.41) is 39.0. The first-order valence-electron chi connectivity index (χ1n) is 5.64. The van der Waals surface area contributed by atoms with Crippen LogP contribution in [0.15, 0.2) is 12.7 Å². The summed E-state index contributed by atoms with van der Waals surface area (Å²) >= 11 is 0. The number of nitrogens with one attached hydrogen (secondary N) is 1. The maximum Gasteiger partial charge on any atom is 0.222 e. The minimum atomic E-state index is -2.26. The van der Waals surface area contributed by atoms with E-state index in [4.69, 9.17) is 10.8 Å². The Morgan fingerprint density at radius 2 is 2.00 bits per heavy atom. The number of aliphatic hydroxyl groups is 4. The van der Waals surface area contributed by atoms with Gasteiger partial charge in [-0.15, -0.1) is 6.58 Å². The summed E-state index contributed by atoms with van der Waals surface area (Å²) < 4.78 is 0. The summed E-state index contributed by atoms with van der Waals surface area (Å²) in [5.74, 6) is -0.626. The smallest absolute Gasteiger partial charge is 0.222 e. The van der Waals surface area contributed by atoms with E-state index in [0.717, 1.165) is 0 Å². The molecule has 7 N–H and O–H groups in total. The Morgan fingerprint density at radius 3 is 2.42 bits per heavy atom. The molecule has 0 fully saturated rings. The number of nitrogens with two attached hydrogens (primary N) is 1. The lowest BCUT2D eigenvalue weighted by molar-refractivity contribution is -0.140. The van der Waals surface area contributed by atoms with Crippen LogP contribution in [0.25, 0.3) is 0 Å². The first kappa shape index (κ1) is 17.7. The third-order valence-corrected chi connectivity index (χ3v) is 2.52. The van der Waals surface area contributed by atoms with Gasteiger partial charge in [-0.3, -0.25) is 9.59 Å². The van der Waals surface area contributed by atoms with Gasteiger partial charge >= 0.3 is 0 Å². The lowest BCUT2D eigenvalue weighted by atomic mass is 9.96. The average Bonchev–Trinajstić information content (AvgIpc) is 2.42. The van der Waals surface area contributed by atoms with E-state index in [-0.39, 0.29) is 12.7 Å². The van der Waals surface area contributed by atoms with E-state index in [2.05, 4.69) is 11.9 Å². The van der Waals surface area contributed by atoms with Crippen molar-refractivity contribution in [3.05, 3.63) is 12.7 Å². The zero-order valence-electron chi connectivity index (χ0n) is 10.4. The minimum absolute atomic E-state index is 0.00165. The van der Waals surface area contributed by atoms with Gasteiger partial charge in [-0.1, -0.05) is 6.08 Å². The number of hydrogen-bond donors (Lipinski definition) is 6. The quantitative estimate of drug-likeness (QED) is 0.149. The lowest BCUT2D eigenvalue weighted by Crippen LogP contribution is -2.69. The molecule has 0 rings (SSSR count). The molecule has 0 aromatic rings. The van der Waals surface area contributed by atoms with Crippen LogP contribution in [0.5, 0.6) is 0 Å². The molecule has 0 saturated heterocycles. The molecule has 1 unspecified atom stereocenters. The monoisotopic (exact) mass is 276 g/mol. The van der Waals surface area contributed by atoms with Crippen LogP contribution in [0, 0.1) is 0 Å². The Morgan fingerprint density at radius 1 is 1.42 bits per heavy atom. The highest BCUT2D eigenvalue weighted by Crippen LogP contribution is 2.10. The number of aliphatic hydroxyl groups excluding tert-OH is 4. The van der Waals surface area contributed by atoms with E-state index >= 15 is 0 Å². The molecule has 8 heteroatoms. The number of carbonyl (C=O) groups excluding carboxylic acids is 2. The van der Waals surface area contributed by atoms with E-state index in [1.807, 2.05) is 0 Å². The predicted octanol–water partition coefficient (Wildman–Crippen LogP) is -3.00. The Balaban J connectivity index is 4.79. The van der Waals surface area contributed by atoms with Gasteiger partial charge in [-0.05, 0) is 6.42 Å². The molecule has 0 aromatic carbocycles. The molecular formula is C11H20N2O6. The number of rotatable bonds is 9. The van der Waals surface area contributed by atoms with Crippen molar-refractivity contribution in [2.45, 2.75) is 36.8 Å². The Labute approximate surface area is 110 Å². The minimum Gasteiger partial charge on any atom is -0.394 e. The fourth-order valence-electron chi connectivity index (χ4n) is 1.31. The van der Waals surface area contributed by atoms with Gasteiger partial charge < -0.3 is 31.5 Å². The van der Waals surface area contributed by atoms with Crippen LogP contribution in [0.1, 0.15) is 12.8 Å². The van der Waals surface area contributed by atoms with Gasteiger partial charge in [0, 0.05) is 6.42 Å². The van der Waals surface area contributed by atoms with Crippen LogP contribution < -0.4 is 11.1 Å². The molecule has 0 saturated carbocycles. The van der Waals surface area contributed by atoms with Crippen molar-refractivity contribution in [3.63, 3.8) is 0 Å². The maximum atomic E-state index is 11.4. The molecule has 0 radical (unpaired) electrons. The van der Waals surface area contributed by atoms with Gasteiger partial charge in [0.05, 0.1) is 6.61 Å². The fraction of sp³-hybridized carbons (Fsp3) is 0.636. The lowest BCUT2D eigenvalue weighted by Gasteiger charge is -2.34. The second-order valence-electron chi connectivity index (χ2n) is 4.11. The van der Waals surface area contributed by atoms with Gasteiger partial charge in [-0.25, -0.2) is 0 Å². The number of hydrogen-bond acceptors (Lipinski definition) is 7. The van der Waals surface area contributed by atoms with Gasteiger partial charge in [0.1, 0.15) is 18.3 Å². The molecule has 0 aliphatic rings. The summed E-state index contributed by atoms with van der Waals surface area (Å²) in [6, 6.07) is 0. The van der Waals surface area contributed by atoms with E-state index in [0.29, 0.717) is 6.42 Å². The van der Waals surface area contributed by atoms with Gasteiger partial charge in [-0.2, -0.15) is 0 Å². The topological polar surface area (TPSA) is 153 Å². The molecule has 19 heavy (non-hydrogen) atoms. The Hall–Kier alpha value is -1.32. The third kappa shape index (κ3) is 5.05. The highest BCUT2D eigenvalue weighted by atomic mass is 16.4. The molecule has 0 heterocycles. The van der Waals surface area contributed by atoms with Crippen LogP contribution in [-0.4, -0.2) is 63.2 Å². The van der Waals surface area contributed by atoms with Crippen molar-refractivity contribution in [2.75, 3.05) is 6.61 Å². The summed E-state index contributed by atoms with van der Waals surface area (Å²) in [6.07, 6.45) is -3.67. The second kappa shape index (κ2) is 7.97. The molecule has 110 valence electrons. The zero-order valence-corrected chi connectivity index (χ0v) is 10.4.